The van der Waals surface area contributed by atoms with Gasteiger partial charge in [0.2, 0.25) is 5.76 Å². The number of benzene rings is 2. The number of aromatic carboxylic acids is 1. The van der Waals surface area contributed by atoms with Crippen molar-refractivity contribution in [2.75, 3.05) is 0 Å². The van der Waals surface area contributed by atoms with Crippen molar-refractivity contribution < 1.29 is 32.7 Å². The molecule has 8 nitrogen and oxygen atoms in total. The van der Waals surface area contributed by atoms with E-state index in [4.69, 9.17) is 21.1 Å². The third-order valence-electron chi connectivity index (χ3n) is 6.25. The van der Waals surface area contributed by atoms with Gasteiger partial charge in [0.25, 0.3) is 17.1 Å². The number of furan rings is 1. The number of carbonyl (C=O) groups excluding carboxylic acids is 2. The summed E-state index contributed by atoms with van der Waals surface area (Å²) in [4.78, 5) is 37.5. The molecule has 2 aromatic heterocycles. The van der Waals surface area contributed by atoms with Crippen molar-refractivity contribution in [2.45, 2.75) is 32.4 Å². The second-order valence-corrected chi connectivity index (χ2v) is 10.2. The maximum atomic E-state index is 14.6. The number of nitrogens with zero attached hydrogens (tertiary/aromatic N) is 3. The summed E-state index contributed by atoms with van der Waals surface area (Å²) in [6, 6.07) is 12.4. The van der Waals surface area contributed by atoms with E-state index in [1.165, 1.54) is 25.1 Å². The molecule has 0 aliphatic carbocycles. The topological polar surface area (TPSA) is 106 Å². The van der Waals surface area contributed by atoms with Crippen molar-refractivity contribution in [3.63, 3.8) is 0 Å². The van der Waals surface area contributed by atoms with Gasteiger partial charge in [-0.15, -0.1) is 0 Å². The van der Waals surface area contributed by atoms with Crippen molar-refractivity contribution >= 4 is 57.5 Å². The molecule has 1 aliphatic heterocycles. The zero-order valence-electron chi connectivity index (χ0n) is 20.4. The van der Waals surface area contributed by atoms with Crippen LogP contribution in [0.15, 0.2) is 64.1 Å². The van der Waals surface area contributed by atoms with Gasteiger partial charge in [-0.05, 0) is 65.4 Å². The lowest BCUT2D eigenvalue weighted by atomic mass is 9.99. The summed E-state index contributed by atoms with van der Waals surface area (Å²) in [5.74, 6) is -4.92. The van der Waals surface area contributed by atoms with Gasteiger partial charge in [0.05, 0.1) is 29.7 Å². The van der Waals surface area contributed by atoms with Crippen molar-refractivity contribution in [3.05, 3.63) is 92.9 Å². The van der Waals surface area contributed by atoms with E-state index < -0.39 is 23.0 Å². The summed E-state index contributed by atoms with van der Waals surface area (Å²) in [6.07, 6.45) is 2.81. The first-order valence-corrected chi connectivity index (χ1v) is 12.9. The van der Waals surface area contributed by atoms with Gasteiger partial charge in [-0.2, -0.15) is 5.10 Å². The average Bonchev–Trinajstić information content (AvgIpc) is 3.60. The fourth-order valence-corrected chi connectivity index (χ4v) is 5.23. The first kappa shape index (κ1) is 26.6. The normalized spacial score (nSPS) is 15.2. The number of fused-ring (bicyclic) bond motifs is 1. The number of carboxylic acid groups (broad SMARTS) is 1. The minimum absolute atomic E-state index is 0.111. The van der Waals surface area contributed by atoms with E-state index in [0.29, 0.717) is 16.6 Å². The summed E-state index contributed by atoms with van der Waals surface area (Å²) >= 11 is 6.75. The van der Waals surface area contributed by atoms with Crippen LogP contribution in [0.4, 0.5) is 13.6 Å². The third kappa shape index (κ3) is 5.32. The van der Waals surface area contributed by atoms with Gasteiger partial charge in [-0.1, -0.05) is 30.7 Å². The fourth-order valence-electron chi connectivity index (χ4n) is 4.22. The summed E-state index contributed by atoms with van der Waals surface area (Å²) in [6.45, 7) is 1.33. The smallest absolute Gasteiger partial charge is 0.371 e. The number of hydrogen-bond acceptors (Lipinski definition) is 6. The molecule has 0 unspecified atom stereocenters. The van der Waals surface area contributed by atoms with Crippen molar-refractivity contribution in [1.29, 1.82) is 0 Å². The predicted octanol–water partition coefficient (Wildman–Crippen LogP) is 6.77. The highest BCUT2D eigenvalue weighted by molar-refractivity contribution is 8.18. The van der Waals surface area contributed by atoms with E-state index in [2.05, 4.69) is 5.10 Å². The van der Waals surface area contributed by atoms with Crippen LogP contribution in [0.25, 0.3) is 17.0 Å². The molecule has 3 heterocycles. The molecule has 0 saturated carbocycles. The highest BCUT2D eigenvalue weighted by Gasteiger charge is 2.36. The minimum Gasteiger partial charge on any atom is -0.475 e. The van der Waals surface area contributed by atoms with Gasteiger partial charge >= 0.3 is 5.97 Å². The molecule has 1 saturated heterocycles. The maximum Gasteiger partial charge on any atom is 0.371 e. The Balaban J connectivity index is 1.37. The molecular formula is C27H20ClF2N3O5S. The van der Waals surface area contributed by atoms with Crippen molar-refractivity contribution in [1.82, 2.24) is 14.7 Å². The first-order chi connectivity index (χ1) is 18.6. The first-order valence-electron chi connectivity index (χ1n) is 11.8. The second-order valence-electron chi connectivity index (χ2n) is 8.82. The number of carbonyl (C=O) groups is 3. The van der Waals surface area contributed by atoms with Crippen LogP contribution in [0.1, 0.15) is 46.3 Å². The maximum absolute atomic E-state index is 14.6. The minimum atomic E-state index is -3.03. The van der Waals surface area contributed by atoms with Crippen molar-refractivity contribution in [3.8, 4) is 0 Å². The number of imide groups is 1. The number of thioether (sulfide) groups is 1. The largest absolute Gasteiger partial charge is 0.475 e. The van der Waals surface area contributed by atoms with E-state index >= 15 is 0 Å². The number of aromatic nitrogens is 2. The molecule has 200 valence electrons. The van der Waals surface area contributed by atoms with E-state index in [1.807, 2.05) is 0 Å². The third-order valence-corrected chi connectivity index (χ3v) is 7.40. The Morgan fingerprint density at radius 3 is 2.67 bits per heavy atom. The lowest BCUT2D eigenvalue weighted by molar-refractivity contribution is -0.123. The summed E-state index contributed by atoms with van der Waals surface area (Å²) in [5.41, 5.74) is 1.61. The van der Waals surface area contributed by atoms with Crippen LogP contribution in [0.2, 0.25) is 5.02 Å². The highest BCUT2D eigenvalue weighted by Crippen LogP contribution is 2.36. The van der Waals surface area contributed by atoms with Gasteiger partial charge in [0.15, 0.2) is 0 Å². The predicted molar refractivity (Wildman–Crippen MR) is 142 cm³/mol. The van der Waals surface area contributed by atoms with Crippen LogP contribution in [0, 0.1) is 0 Å². The van der Waals surface area contributed by atoms with E-state index in [0.717, 1.165) is 22.0 Å². The summed E-state index contributed by atoms with van der Waals surface area (Å²) in [5, 5.41) is 13.8. The van der Waals surface area contributed by atoms with Gasteiger partial charge in [0.1, 0.15) is 5.76 Å². The van der Waals surface area contributed by atoms with Crippen LogP contribution in [0.3, 0.4) is 0 Å². The number of halogens is 3. The number of rotatable bonds is 8. The lowest BCUT2D eigenvalue weighted by Gasteiger charge is -2.19. The molecule has 0 atom stereocenters. The van der Waals surface area contributed by atoms with Gasteiger partial charge in [-0.25, -0.2) is 13.6 Å². The van der Waals surface area contributed by atoms with Crippen LogP contribution < -0.4 is 0 Å². The molecule has 12 heteroatoms. The quantitative estimate of drug-likeness (QED) is 0.233. The van der Waals surface area contributed by atoms with Crippen LogP contribution in [-0.2, 0) is 23.8 Å². The number of amides is 2. The summed E-state index contributed by atoms with van der Waals surface area (Å²) < 4.78 is 35.9. The van der Waals surface area contributed by atoms with E-state index in [1.54, 1.807) is 47.3 Å². The van der Waals surface area contributed by atoms with Crippen LogP contribution in [-0.4, -0.2) is 36.9 Å². The molecule has 1 aliphatic rings. The zero-order chi connectivity index (χ0) is 27.9. The van der Waals surface area contributed by atoms with Crippen molar-refractivity contribution in [2.24, 2.45) is 0 Å². The lowest BCUT2D eigenvalue weighted by Crippen LogP contribution is -2.27. The monoisotopic (exact) mass is 571 g/mol. The Morgan fingerprint density at radius 1 is 1.15 bits per heavy atom. The van der Waals surface area contributed by atoms with E-state index in [9.17, 15) is 23.2 Å². The van der Waals surface area contributed by atoms with Crippen LogP contribution in [0.5, 0.6) is 0 Å². The Morgan fingerprint density at radius 2 is 1.95 bits per heavy atom. The molecule has 5 rings (SSSR count). The molecule has 0 bridgehead atoms. The fraction of sp³-hybridized carbons (Fsp3) is 0.185. The molecule has 1 N–H and O–H groups in total. The SMILES string of the molecule is CCC(F)(F)c1cc(Cl)ccc1Cn1ncc2cc(C=C3SC(=O)N(Cc4ccc(C(=O)O)o4)C3=O)ccc21. The number of carboxylic acids is 1. The molecule has 0 spiro atoms. The standard InChI is InChI=1S/C27H20ClF2N3O5S/c1-2-27(29,30)20-11-18(28)5-4-16(20)13-33-21-7-3-15(9-17(21)12-31-33)10-23-24(34)32(26(37)39-23)14-19-6-8-22(38-19)25(35)36/h3-12H,2,13-14H2,1H3,(H,35,36). The number of hydrogen-bond donors (Lipinski definition) is 1. The molecule has 2 aromatic carbocycles. The molecular weight excluding hydrogens is 552 g/mol. The molecule has 39 heavy (non-hydrogen) atoms. The molecule has 4 aromatic rings. The van der Waals surface area contributed by atoms with Gasteiger partial charge < -0.3 is 9.52 Å². The molecule has 2 amide bonds. The molecule has 0 radical (unpaired) electrons. The zero-order valence-corrected chi connectivity index (χ0v) is 21.9. The van der Waals surface area contributed by atoms with Gasteiger partial charge in [0, 0.05) is 22.4 Å². The summed E-state index contributed by atoms with van der Waals surface area (Å²) in [7, 11) is 0. The van der Waals surface area contributed by atoms with Gasteiger partial charge in [-0.3, -0.25) is 19.2 Å². The Kier molecular flexibility index (Phi) is 7.04. The average molecular weight is 572 g/mol. The second kappa shape index (κ2) is 10.3. The Bertz CT molecular complexity index is 1660. The number of alkyl halides is 2. The van der Waals surface area contributed by atoms with Crippen LogP contribution >= 0.6 is 23.4 Å². The molecule has 1 fully saturated rings. The highest BCUT2D eigenvalue weighted by atomic mass is 35.5. The van der Waals surface area contributed by atoms with E-state index in [-0.39, 0.29) is 46.5 Å². The Labute approximate surface area is 229 Å². The Hall–Kier alpha value is -3.96.